The third-order valence-corrected chi connectivity index (χ3v) is 2.94. The van der Waals surface area contributed by atoms with Crippen LogP contribution in [0.25, 0.3) is 0 Å². The van der Waals surface area contributed by atoms with Crippen molar-refractivity contribution in [2.75, 3.05) is 18.5 Å². The van der Waals surface area contributed by atoms with Crippen LogP contribution in [0.2, 0.25) is 0 Å². The third kappa shape index (κ3) is 5.99. The molecular weight excluding hydrogens is 272 g/mol. The number of nitrogens with one attached hydrogen (secondary N) is 1. The molecule has 0 bridgehead atoms. The lowest BCUT2D eigenvalue weighted by Crippen LogP contribution is -2.10. The second kappa shape index (κ2) is 9.18. The molecule has 0 saturated heterocycles. The van der Waals surface area contributed by atoms with Crippen molar-refractivity contribution >= 4 is 11.4 Å². The molecule has 0 saturated carbocycles. The summed E-state index contributed by atoms with van der Waals surface area (Å²) in [5, 5.41) is 23.1. The molecule has 0 aromatic heterocycles. The molecule has 0 atom stereocenters. The average Bonchev–Trinajstić information content (AvgIpc) is 2.41. The molecule has 6 heteroatoms. The molecule has 0 amide bonds. The van der Waals surface area contributed by atoms with Crippen molar-refractivity contribution in [3.8, 4) is 5.75 Å². The topological polar surface area (TPSA) is 84.6 Å². The molecule has 118 valence electrons. The Balaban J connectivity index is 2.66. The summed E-state index contributed by atoms with van der Waals surface area (Å²) in [5.74, 6) is 0.292. The van der Waals surface area contributed by atoms with Gasteiger partial charge in [-0.15, -0.1) is 0 Å². The van der Waals surface area contributed by atoms with Gasteiger partial charge in [0.2, 0.25) is 0 Å². The van der Waals surface area contributed by atoms with Gasteiger partial charge >= 0.3 is 5.69 Å². The quantitative estimate of drug-likeness (QED) is 0.393. The van der Waals surface area contributed by atoms with Crippen molar-refractivity contribution in [2.24, 2.45) is 0 Å². The summed E-state index contributed by atoms with van der Waals surface area (Å²) >= 11 is 0. The first-order valence-electron chi connectivity index (χ1n) is 7.35. The monoisotopic (exact) mass is 296 g/mol. The summed E-state index contributed by atoms with van der Waals surface area (Å²) in [7, 11) is 0. The molecule has 0 unspecified atom stereocenters. The van der Waals surface area contributed by atoms with Gasteiger partial charge in [0.05, 0.1) is 11.0 Å². The Morgan fingerprint density at radius 3 is 2.62 bits per heavy atom. The highest BCUT2D eigenvalue weighted by Gasteiger charge is 2.21. The van der Waals surface area contributed by atoms with Crippen LogP contribution in [0.5, 0.6) is 5.75 Å². The van der Waals surface area contributed by atoms with Crippen LogP contribution in [0.4, 0.5) is 11.4 Å². The maximum Gasteiger partial charge on any atom is 0.333 e. The van der Waals surface area contributed by atoms with Gasteiger partial charge in [-0.25, -0.2) is 0 Å². The van der Waals surface area contributed by atoms with Crippen molar-refractivity contribution in [3.05, 3.63) is 28.3 Å². The van der Waals surface area contributed by atoms with E-state index in [2.05, 4.69) is 5.32 Å². The van der Waals surface area contributed by atoms with Crippen LogP contribution in [0.3, 0.4) is 0 Å². The SMILES string of the molecule is CC(C)Oc1cccc(NCCCCCCO)c1[N+](=O)[O-]. The standard InChI is InChI=1S/C15H24N2O4/c1-12(2)21-14-9-7-8-13(15(14)17(19)20)16-10-5-3-4-6-11-18/h7-9,12,16,18H,3-6,10-11H2,1-2H3. The van der Waals surface area contributed by atoms with E-state index in [0.717, 1.165) is 25.7 Å². The summed E-state index contributed by atoms with van der Waals surface area (Å²) in [4.78, 5) is 10.8. The van der Waals surface area contributed by atoms with Gasteiger partial charge in [-0.2, -0.15) is 0 Å². The zero-order chi connectivity index (χ0) is 15.7. The van der Waals surface area contributed by atoms with Gasteiger partial charge in [-0.3, -0.25) is 10.1 Å². The van der Waals surface area contributed by atoms with Gasteiger partial charge < -0.3 is 15.2 Å². The molecule has 0 heterocycles. The Morgan fingerprint density at radius 2 is 2.00 bits per heavy atom. The summed E-state index contributed by atoms with van der Waals surface area (Å²) in [6.45, 7) is 4.56. The van der Waals surface area contributed by atoms with E-state index in [-0.39, 0.29) is 18.4 Å². The van der Waals surface area contributed by atoms with Crippen molar-refractivity contribution in [1.82, 2.24) is 0 Å². The number of nitrogens with zero attached hydrogens (tertiary/aromatic N) is 1. The molecule has 2 N–H and O–H groups in total. The van der Waals surface area contributed by atoms with Gasteiger partial charge in [-0.1, -0.05) is 18.9 Å². The van der Waals surface area contributed by atoms with Crippen molar-refractivity contribution in [3.63, 3.8) is 0 Å². The summed E-state index contributed by atoms with van der Waals surface area (Å²) in [6, 6.07) is 5.06. The Labute approximate surface area is 125 Å². The molecule has 0 aliphatic heterocycles. The Morgan fingerprint density at radius 1 is 1.29 bits per heavy atom. The van der Waals surface area contributed by atoms with Crippen molar-refractivity contribution in [1.29, 1.82) is 0 Å². The second-order valence-corrected chi connectivity index (χ2v) is 5.14. The molecule has 21 heavy (non-hydrogen) atoms. The molecule has 1 rings (SSSR count). The fraction of sp³-hybridized carbons (Fsp3) is 0.600. The van der Waals surface area contributed by atoms with Crippen molar-refractivity contribution in [2.45, 2.75) is 45.6 Å². The number of benzene rings is 1. The van der Waals surface area contributed by atoms with Gasteiger partial charge in [0.15, 0.2) is 5.75 Å². The zero-order valence-corrected chi connectivity index (χ0v) is 12.7. The van der Waals surface area contributed by atoms with Crippen LogP contribution >= 0.6 is 0 Å². The predicted molar refractivity (Wildman–Crippen MR) is 82.9 cm³/mol. The lowest BCUT2D eigenvalue weighted by atomic mass is 10.2. The molecule has 1 aromatic carbocycles. The number of aliphatic hydroxyl groups excluding tert-OH is 1. The molecule has 0 spiro atoms. The number of rotatable bonds is 10. The van der Waals surface area contributed by atoms with Gasteiger partial charge in [0.1, 0.15) is 5.69 Å². The average molecular weight is 296 g/mol. The predicted octanol–water partition coefficient (Wildman–Crippen LogP) is 3.35. The molecule has 0 aliphatic rings. The molecule has 0 radical (unpaired) electrons. The van der Waals surface area contributed by atoms with Crippen LogP contribution in [-0.4, -0.2) is 29.3 Å². The fourth-order valence-corrected chi connectivity index (χ4v) is 2.02. The van der Waals surface area contributed by atoms with Crippen LogP contribution in [0.1, 0.15) is 39.5 Å². The number of nitro groups is 1. The highest BCUT2D eigenvalue weighted by molar-refractivity contribution is 5.68. The maximum absolute atomic E-state index is 11.3. The van der Waals surface area contributed by atoms with E-state index in [4.69, 9.17) is 9.84 Å². The van der Waals surface area contributed by atoms with E-state index in [1.165, 1.54) is 0 Å². The summed E-state index contributed by atoms with van der Waals surface area (Å²) < 4.78 is 5.50. The second-order valence-electron chi connectivity index (χ2n) is 5.14. The molecule has 1 aromatic rings. The number of ether oxygens (including phenoxy) is 1. The zero-order valence-electron chi connectivity index (χ0n) is 12.7. The Bertz CT molecular complexity index is 449. The lowest BCUT2D eigenvalue weighted by Gasteiger charge is -2.13. The first-order chi connectivity index (χ1) is 10.1. The largest absolute Gasteiger partial charge is 0.484 e. The number of para-hydroxylation sites is 1. The smallest absolute Gasteiger partial charge is 0.333 e. The van der Waals surface area contributed by atoms with E-state index < -0.39 is 4.92 Å². The fourth-order valence-electron chi connectivity index (χ4n) is 2.02. The van der Waals surface area contributed by atoms with Gasteiger partial charge in [0, 0.05) is 13.2 Å². The van der Waals surface area contributed by atoms with E-state index >= 15 is 0 Å². The van der Waals surface area contributed by atoms with E-state index in [1.54, 1.807) is 18.2 Å². The minimum absolute atomic E-state index is 0.0124. The number of nitro benzene ring substituents is 1. The third-order valence-electron chi connectivity index (χ3n) is 2.94. The Hall–Kier alpha value is -1.82. The summed E-state index contributed by atoms with van der Waals surface area (Å²) in [5.41, 5.74) is 0.474. The maximum atomic E-state index is 11.3. The number of hydrogen-bond acceptors (Lipinski definition) is 5. The number of anilines is 1. The van der Waals surface area contributed by atoms with E-state index in [0.29, 0.717) is 18.0 Å². The molecule has 0 fully saturated rings. The van der Waals surface area contributed by atoms with Crippen LogP contribution in [0, 0.1) is 10.1 Å². The molecule has 6 nitrogen and oxygen atoms in total. The van der Waals surface area contributed by atoms with Crippen LogP contribution < -0.4 is 10.1 Å². The van der Waals surface area contributed by atoms with E-state index in [9.17, 15) is 10.1 Å². The Kier molecular flexibility index (Phi) is 7.53. The van der Waals surface area contributed by atoms with Crippen molar-refractivity contribution < 1.29 is 14.8 Å². The highest BCUT2D eigenvalue weighted by atomic mass is 16.6. The first-order valence-corrected chi connectivity index (χ1v) is 7.35. The van der Waals surface area contributed by atoms with Gasteiger partial charge in [-0.05, 0) is 38.8 Å². The normalized spacial score (nSPS) is 10.7. The number of aliphatic hydroxyl groups is 1. The highest BCUT2D eigenvalue weighted by Crippen LogP contribution is 2.35. The first kappa shape index (κ1) is 17.2. The number of unbranched alkanes of at least 4 members (excludes halogenated alkanes) is 3. The summed E-state index contributed by atoms with van der Waals surface area (Å²) in [6.07, 6.45) is 3.56. The minimum atomic E-state index is -0.411. The number of hydrogen-bond donors (Lipinski definition) is 2. The van der Waals surface area contributed by atoms with Gasteiger partial charge in [0.25, 0.3) is 0 Å². The molecule has 0 aliphatic carbocycles. The minimum Gasteiger partial charge on any atom is -0.484 e. The van der Waals surface area contributed by atoms with Crippen LogP contribution in [0.15, 0.2) is 18.2 Å². The van der Waals surface area contributed by atoms with Crippen LogP contribution in [-0.2, 0) is 0 Å². The molecular formula is C15H24N2O4. The van der Waals surface area contributed by atoms with E-state index in [1.807, 2.05) is 13.8 Å². The lowest BCUT2D eigenvalue weighted by molar-refractivity contribution is -0.385.